The highest BCUT2D eigenvalue weighted by Gasteiger charge is 2.42. The van der Waals surface area contributed by atoms with Gasteiger partial charge in [-0.2, -0.15) is 0 Å². The molecule has 1 unspecified atom stereocenters. The second-order valence-electron chi connectivity index (χ2n) is 10.9. The number of ether oxygens (including phenoxy) is 1. The Hall–Kier alpha value is -2.43. The van der Waals surface area contributed by atoms with Gasteiger partial charge in [-0.1, -0.05) is 104 Å². The molecule has 1 atom stereocenters. The van der Waals surface area contributed by atoms with Crippen molar-refractivity contribution in [3.05, 3.63) is 42.0 Å². The van der Waals surface area contributed by atoms with Gasteiger partial charge in [-0.05, 0) is 41.7 Å². The summed E-state index contributed by atoms with van der Waals surface area (Å²) in [6.45, 7) is 10.3. The average Bonchev–Trinajstić information content (AvgIpc) is 2.85. The summed E-state index contributed by atoms with van der Waals surface area (Å²) in [4.78, 5) is 37.4. The Morgan fingerprint density at radius 3 is 1.92 bits per heavy atom. The summed E-state index contributed by atoms with van der Waals surface area (Å²) >= 11 is 0. The Morgan fingerprint density at radius 1 is 0.889 bits per heavy atom. The number of ketones is 2. The van der Waals surface area contributed by atoms with Gasteiger partial charge in [0.2, 0.25) is 0 Å². The molecule has 1 aromatic carbocycles. The number of esters is 1. The van der Waals surface area contributed by atoms with Gasteiger partial charge in [0.25, 0.3) is 0 Å². The van der Waals surface area contributed by atoms with E-state index in [2.05, 4.69) is 18.8 Å². The second kappa shape index (κ2) is 15.6. The van der Waals surface area contributed by atoms with Crippen LogP contribution in [0.5, 0.6) is 0 Å². The molecule has 5 nitrogen and oxygen atoms in total. The van der Waals surface area contributed by atoms with Crippen LogP contribution in [0, 0.1) is 5.41 Å². The van der Waals surface area contributed by atoms with Gasteiger partial charge in [0.15, 0.2) is 11.6 Å². The number of hydrogen-bond donors (Lipinski definition) is 1. The lowest BCUT2D eigenvalue weighted by Crippen LogP contribution is -2.47. The van der Waals surface area contributed by atoms with Crippen molar-refractivity contribution in [3.63, 3.8) is 0 Å². The third-order valence-corrected chi connectivity index (χ3v) is 7.23. The third-order valence-electron chi connectivity index (χ3n) is 7.23. The van der Waals surface area contributed by atoms with Crippen LogP contribution in [0.25, 0.3) is 0 Å². The van der Waals surface area contributed by atoms with Gasteiger partial charge in [-0.15, -0.1) is 0 Å². The van der Waals surface area contributed by atoms with Crippen LogP contribution in [0.4, 0.5) is 5.69 Å². The predicted molar refractivity (Wildman–Crippen MR) is 147 cm³/mol. The van der Waals surface area contributed by atoms with E-state index in [1.54, 1.807) is 24.3 Å². The molecule has 1 fully saturated rings. The molecule has 2 rings (SSSR count). The van der Waals surface area contributed by atoms with Crippen LogP contribution in [0.3, 0.4) is 0 Å². The fourth-order valence-electron chi connectivity index (χ4n) is 4.68. The van der Waals surface area contributed by atoms with Crippen LogP contribution >= 0.6 is 0 Å². The molecule has 1 aliphatic rings. The third kappa shape index (κ3) is 9.91. The molecule has 0 spiro atoms. The molecule has 0 aliphatic heterocycles. The van der Waals surface area contributed by atoms with Gasteiger partial charge in [0, 0.05) is 12.1 Å². The SMILES string of the molecule is C=C1C(=O)C(Nc2ccc(C(=O)OCCCCCCCCCCCCCCC)cc2)C(=O)CC1(C)C. The predicted octanol–water partition coefficient (Wildman–Crippen LogP) is 7.84. The fraction of sp³-hybridized carbons (Fsp3) is 0.645. The number of carbonyl (C=O) groups is 3. The van der Waals surface area contributed by atoms with E-state index in [1.807, 2.05) is 13.8 Å². The molecule has 1 N–H and O–H groups in total. The molecule has 1 aliphatic carbocycles. The fourth-order valence-corrected chi connectivity index (χ4v) is 4.68. The number of rotatable bonds is 17. The van der Waals surface area contributed by atoms with Crippen molar-refractivity contribution in [3.8, 4) is 0 Å². The molecule has 0 heterocycles. The monoisotopic (exact) mass is 497 g/mol. The van der Waals surface area contributed by atoms with Crippen molar-refractivity contribution < 1.29 is 19.1 Å². The van der Waals surface area contributed by atoms with Crippen molar-refractivity contribution in [2.45, 2.75) is 117 Å². The number of carbonyl (C=O) groups excluding carboxylic acids is 3. The minimum Gasteiger partial charge on any atom is -0.462 e. The molecule has 5 heteroatoms. The van der Waals surface area contributed by atoms with E-state index in [0.29, 0.717) is 23.4 Å². The van der Waals surface area contributed by atoms with E-state index in [0.717, 1.165) is 12.8 Å². The molecule has 0 aromatic heterocycles. The first-order valence-corrected chi connectivity index (χ1v) is 14.1. The quantitative estimate of drug-likeness (QED) is 0.103. The summed E-state index contributed by atoms with van der Waals surface area (Å²) < 4.78 is 5.41. The zero-order valence-corrected chi connectivity index (χ0v) is 22.8. The van der Waals surface area contributed by atoms with E-state index in [-0.39, 0.29) is 24.0 Å². The van der Waals surface area contributed by atoms with Gasteiger partial charge >= 0.3 is 5.97 Å². The molecule has 200 valence electrons. The van der Waals surface area contributed by atoms with Crippen LogP contribution in [0.1, 0.15) is 121 Å². The minimum absolute atomic E-state index is 0.140. The summed E-state index contributed by atoms with van der Waals surface area (Å²) in [6.07, 6.45) is 16.9. The van der Waals surface area contributed by atoms with E-state index in [9.17, 15) is 14.4 Å². The molecule has 1 saturated carbocycles. The standard InChI is InChI=1S/C31H47NO4/c1-5-6-7-8-9-10-11-12-13-14-15-16-17-22-36-30(35)25-18-20-26(21-19-25)32-28-27(33)23-31(3,4)24(2)29(28)34/h18-21,28,32H,2,5-17,22-23H2,1,3-4H3. The van der Waals surface area contributed by atoms with Crippen LogP contribution in [-0.2, 0) is 14.3 Å². The molecule has 36 heavy (non-hydrogen) atoms. The van der Waals surface area contributed by atoms with Crippen LogP contribution in [-0.4, -0.2) is 30.2 Å². The average molecular weight is 498 g/mol. The number of Topliss-reactive ketones (excluding diaryl/α,β-unsaturated/α-hetero) is 2. The molecule has 0 radical (unpaired) electrons. The summed E-state index contributed by atoms with van der Waals surface area (Å²) in [6, 6.07) is 5.80. The van der Waals surface area contributed by atoms with Gasteiger partial charge in [0.05, 0.1) is 12.2 Å². The van der Waals surface area contributed by atoms with Gasteiger partial charge in [-0.3, -0.25) is 9.59 Å². The summed E-state index contributed by atoms with van der Waals surface area (Å²) in [5, 5.41) is 3.00. The first-order chi connectivity index (χ1) is 17.3. The zero-order chi connectivity index (χ0) is 26.4. The van der Waals surface area contributed by atoms with Gasteiger partial charge < -0.3 is 10.1 Å². The first-order valence-electron chi connectivity index (χ1n) is 14.1. The zero-order valence-electron chi connectivity index (χ0n) is 22.8. The first kappa shape index (κ1) is 29.8. The number of anilines is 1. The lowest BCUT2D eigenvalue weighted by molar-refractivity contribution is -0.130. The topological polar surface area (TPSA) is 72.5 Å². The highest BCUT2D eigenvalue weighted by Crippen LogP contribution is 2.36. The Morgan fingerprint density at radius 2 is 1.39 bits per heavy atom. The van der Waals surface area contributed by atoms with Crippen molar-refractivity contribution in [2.75, 3.05) is 11.9 Å². The van der Waals surface area contributed by atoms with Gasteiger partial charge in [-0.25, -0.2) is 4.79 Å². The molecular formula is C31H47NO4. The summed E-state index contributed by atoms with van der Waals surface area (Å²) in [7, 11) is 0. The summed E-state index contributed by atoms with van der Waals surface area (Å²) in [5.74, 6) is -0.753. The highest BCUT2D eigenvalue weighted by atomic mass is 16.5. The maximum absolute atomic E-state index is 12.6. The molecule has 0 bridgehead atoms. The van der Waals surface area contributed by atoms with Crippen LogP contribution in [0.2, 0.25) is 0 Å². The Labute approximate surface area is 218 Å². The molecule has 0 amide bonds. The molecular weight excluding hydrogens is 450 g/mol. The van der Waals surface area contributed by atoms with Crippen molar-refractivity contribution >= 4 is 23.2 Å². The smallest absolute Gasteiger partial charge is 0.338 e. The van der Waals surface area contributed by atoms with E-state index in [4.69, 9.17) is 4.74 Å². The van der Waals surface area contributed by atoms with Crippen LogP contribution in [0.15, 0.2) is 36.4 Å². The lowest BCUT2D eigenvalue weighted by atomic mass is 9.71. The Balaban J connectivity index is 1.57. The number of hydrogen-bond acceptors (Lipinski definition) is 5. The Kier molecular flexibility index (Phi) is 12.9. The second-order valence-corrected chi connectivity index (χ2v) is 10.9. The minimum atomic E-state index is -0.918. The van der Waals surface area contributed by atoms with Crippen molar-refractivity contribution in [1.82, 2.24) is 0 Å². The van der Waals surface area contributed by atoms with Crippen molar-refractivity contribution in [1.29, 1.82) is 0 Å². The van der Waals surface area contributed by atoms with E-state index < -0.39 is 11.5 Å². The summed E-state index contributed by atoms with van der Waals surface area (Å²) in [5.41, 5.74) is 1.03. The van der Waals surface area contributed by atoms with Crippen LogP contribution < -0.4 is 5.32 Å². The Bertz CT molecular complexity index is 856. The maximum Gasteiger partial charge on any atom is 0.338 e. The van der Waals surface area contributed by atoms with Crippen molar-refractivity contribution in [2.24, 2.45) is 5.41 Å². The normalized spacial score (nSPS) is 17.3. The number of nitrogens with one attached hydrogen (secondary N) is 1. The molecule has 0 saturated heterocycles. The largest absolute Gasteiger partial charge is 0.462 e. The lowest BCUT2D eigenvalue weighted by Gasteiger charge is -2.34. The number of benzene rings is 1. The highest BCUT2D eigenvalue weighted by molar-refractivity contribution is 6.18. The van der Waals surface area contributed by atoms with Gasteiger partial charge in [0.1, 0.15) is 6.04 Å². The molecule has 1 aromatic rings. The maximum atomic E-state index is 12.6. The number of unbranched alkanes of at least 4 members (excludes halogenated alkanes) is 12. The van der Waals surface area contributed by atoms with E-state index >= 15 is 0 Å². The van der Waals surface area contributed by atoms with E-state index in [1.165, 1.54) is 70.6 Å².